The van der Waals surface area contributed by atoms with Crippen molar-refractivity contribution >= 4 is 16.8 Å². The van der Waals surface area contributed by atoms with Crippen LogP contribution in [-0.2, 0) is 22.4 Å². The van der Waals surface area contributed by atoms with Crippen molar-refractivity contribution in [2.24, 2.45) is 0 Å². The average Bonchev–Trinajstić information content (AvgIpc) is 2.91. The zero-order chi connectivity index (χ0) is 26.5. The number of nitrogens with zero attached hydrogens (tertiary/aromatic N) is 1. The van der Waals surface area contributed by atoms with Gasteiger partial charge < -0.3 is 19.9 Å². The Morgan fingerprint density at radius 2 is 1.84 bits per heavy atom. The predicted molar refractivity (Wildman–Crippen MR) is 152 cm³/mol. The lowest BCUT2D eigenvalue weighted by Crippen LogP contribution is -2.43. The minimum absolute atomic E-state index is 0.0746. The summed E-state index contributed by atoms with van der Waals surface area (Å²) >= 11 is 0. The number of pyridine rings is 1. The van der Waals surface area contributed by atoms with Gasteiger partial charge in [0.1, 0.15) is 0 Å². The van der Waals surface area contributed by atoms with E-state index in [1.807, 2.05) is 36.1 Å². The van der Waals surface area contributed by atoms with Gasteiger partial charge in [0.2, 0.25) is 11.5 Å². The van der Waals surface area contributed by atoms with E-state index < -0.39 is 0 Å². The maximum absolute atomic E-state index is 13.1. The van der Waals surface area contributed by atoms with E-state index in [1.54, 1.807) is 6.07 Å². The van der Waals surface area contributed by atoms with Crippen LogP contribution in [0.15, 0.2) is 59.4 Å². The van der Waals surface area contributed by atoms with Crippen molar-refractivity contribution in [2.75, 3.05) is 32.8 Å². The van der Waals surface area contributed by atoms with Crippen LogP contribution in [-0.4, -0.2) is 54.7 Å². The molecule has 0 saturated heterocycles. The summed E-state index contributed by atoms with van der Waals surface area (Å²) in [6.07, 6.45) is 5.40. The molecule has 1 amide bonds. The number of benzene rings is 2. The molecule has 0 unspecified atom stereocenters. The number of carbonyl (C=O) groups excluding carboxylic acids is 1. The summed E-state index contributed by atoms with van der Waals surface area (Å²) in [6, 6.07) is 18.2. The van der Waals surface area contributed by atoms with Gasteiger partial charge in [-0.15, -0.1) is 0 Å². The molecule has 3 rings (SSSR count). The quantitative estimate of drug-likeness (QED) is 0.268. The van der Waals surface area contributed by atoms with Gasteiger partial charge in [0.15, 0.2) is 0 Å². The van der Waals surface area contributed by atoms with Crippen LogP contribution in [0.2, 0.25) is 0 Å². The van der Waals surface area contributed by atoms with Gasteiger partial charge in [-0.1, -0.05) is 62.2 Å². The molecule has 0 fully saturated rings. The zero-order valence-corrected chi connectivity index (χ0v) is 22.7. The lowest BCUT2D eigenvalue weighted by Gasteiger charge is -2.30. The number of fused-ring (bicyclic) bond motifs is 1. The Balaban J connectivity index is 1.45. The van der Waals surface area contributed by atoms with Crippen LogP contribution in [0.4, 0.5) is 0 Å². The van der Waals surface area contributed by atoms with Crippen molar-refractivity contribution in [3.05, 3.63) is 81.6 Å². The molecule has 0 aliphatic carbocycles. The Morgan fingerprint density at radius 3 is 2.62 bits per heavy atom. The normalized spacial score (nSPS) is 12.1. The first-order valence-corrected chi connectivity index (χ1v) is 13.7. The number of H-pyrrole nitrogens is 1. The molecule has 1 heterocycles. The molecule has 0 bridgehead atoms. The summed E-state index contributed by atoms with van der Waals surface area (Å²) in [4.78, 5) is 29.8. The number of ether oxygens (including phenoxy) is 1. The van der Waals surface area contributed by atoms with Crippen molar-refractivity contribution in [1.82, 2.24) is 15.2 Å². The van der Waals surface area contributed by atoms with Gasteiger partial charge >= 0.3 is 0 Å². The molecular weight excluding hydrogens is 462 g/mol. The number of amides is 1. The molecule has 0 spiro atoms. The molecule has 1 aromatic heterocycles. The molecule has 2 N–H and O–H groups in total. The first kappa shape index (κ1) is 28.6. The molecule has 2 aromatic carbocycles. The van der Waals surface area contributed by atoms with E-state index >= 15 is 0 Å². The van der Waals surface area contributed by atoms with E-state index in [-0.39, 0.29) is 17.5 Å². The van der Waals surface area contributed by atoms with Gasteiger partial charge in [-0.05, 0) is 62.4 Å². The predicted octanol–water partition coefficient (Wildman–Crippen LogP) is 5.03. The van der Waals surface area contributed by atoms with Crippen LogP contribution in [0.5, 0.6) is 0 Å². The highest BCUT2D eigenvalue weighted by molar-refractivity contribution is 5.84. The molecular formula is C31H43N3O3. The van der Waals surface area contributed by atoms with E-state index in [9.17, 15) is 9.59 Å². The topological polar surface area (TPSA) is 74.4 Å². The minimum atomic E-state index is -0.0746. The number of aryl methyl sites for hydroxylation is 1. The number of aromatic nitrogens is 1. The van der Waals surface area contributed by atoms with Gasteiger partial charge in [0.05, 0.1) is 25.2 Å². The first-order valence-electron chi connectivity index (χ1n) is 13.7. The van der Waals surface area contributed by atoms with E-state index in [1.165, 1.54) is 11.1 Å². The van der Waals surface area contributed by atoms with Crippen LogP contribution >= 0.6 is 0 Å². The zero-order valence-electron chi connectivity index (χ0n) is 22.7. The largest absolute Gasteiger partial charge is 0.381 e. The lowest BCUT2D eigenvalue weighted by molar-refractivity contribution is -0.134. The van der Waals surface area contributed by atoms with Crippen molar-refractivity contribution in [3.63, 3.8) is 0 Å². The number of rotatable bonds is 16. The highest BCUT2D eigenvalue weighted by atomic mass is 16.5. The second-order valence-corrected chi connectivity index (χ2v) is 9.83. The second-order valence-electron chi connectivity index (χ2n) is 9.83. The summed E-state index contributed by atoms with van der Waals surface area (Å²) < 4.78 is 5.78. The molecule has 37 heavy (non-hydrogen) atoms. The van der Waals surface area contributed by atoms with Crippen molar-refractivity contribution < 1.29 is 9.53 Å². The van der Waals surface area contributed by atoms with Gasteiger partial charge in [-0.3, -0.25) is 9.59 Å². The maximum Gasteiger partial charge on any atom is 0.248 e. The second kappa shape index (κ2) is 15.3. The van der Waals surface area contributed by atoms with E-state index in [0.29, 0.717) is 26.2 Å². The monoisotopic (exact) mass is 505 g/mol. The number of hydrogen-bond donors (Lipinski definition) is 2. The molecule has 0 aliphatic heterocycles. The molecule has 6 heteroatoms. The van der Waals surface area contributed by atoms with Crippen molar-refractivity contribution in [3.8, 4) is 0 Å². The van der Waals surface area contributed by atoms with Crippen LogP contribution in [0, 0.1) is 6.92 Å². The third-order valence-electron chi connectivity index (χ3n) is 6.96. The Kier molecular flexibility index (Phi) is 11.9. The third kappa shape index (κ3) is 9.13. The highest BCUT2D eigenvalue weighted by Crippen LogP contribution is 2.19. The Bertz CT molecular complexity index is 1160. The highest BCUT2D eigenvalue weighted by Gasteiger charge is 2.19. The molecule has 1 atom stereocenters. The van der Waals surface area contributed by atoms with Crippen LogP contribution < -0.4 is 10.9 Å². The van der Waals surface area contributed by atoms with Gasteiger partial charge in [0.25, 0.3) is 0 Å². The van der Waals surface area contributed by atoms with Crippen LogP contribution in [0.25, 0.3) is 10.9 Å². The van der Waals surface area contributed by atoms with E-state index in [4.69, 9.17) is 4.74 Å². The molecule has 3 aromatic rings. The van der Waals surface area contributed by atoms with Crippen LogP contribution in [0.1, 0.15) is 56.2 Å². The molecule has 0 saturated carbocycles. The standard InChI is InChI=1S/C31H43N3O3/c1-4-5-9-25(3)34(30(36)18-23-37-22-17-26-10-7-6-8-11-26)21-20-32-19-16-27-13-12-24(2)31-28(27)14-15-29(35)33-31/h6-8,10-15,25,32H,4-5,9,16-23H2,1-3H3,(H,33,35)/t25-/m1/s1. The summed E-state index contributed by atoms with van der Waals surface area (Å²) in [7, 11) is 0. The summed E-state index contributed by atoms with van der Waals surface area (Å²) in [5.41, 5.74) is 4.37. The Hall–Kier alpha value is -2.96. The minimum Gasteiger partial charge on any atom is -0.381 e. The van der Waals surface area contributed by atoms with Crippen molar-refractivity contribution in [1.29, 1.82) is 0 Å². The third-order valence-corrected chi connectivity index (χ3v) is 6.96. The summed E-state index contributed by atoms with van der Waals surface area (Å²) in [6.45, 7) is 9.69. The lowest BCUT2D eigenvalue weighted by atomic mass is 10.0. The number of carbonyl (C=O) groups is 1. The average molecular weight is 506 g/mol. The molecule has 0 aliphatic rings. The van der Waals surface area contributed by atoms with Crippen molar-refractivity contribution in [2.45, 2.75) is 65.3 Å². The maximum atomic E-state index is 13.1. The number of hydrogen-bond acceptors (Lipinski definition) is 4. The number of aromatic amines is 1. The smallest absolute Gasteiger partial charge is 0.248 e. The Labute approximate surface area is 221 Å². The van der Waals surface area contributed by atoms with Gasteiger partial charge in [-0.25, -0.2) is 0 Å². The fraction of sp³-hybridized carbons (Fsp3) is 0.484. The fourth-order valence-electron chi connectivity index (χ4n) is 4.70. The fourth-order valence-corrected chi connectivity index (χ4v) is 4.70. The summed E-state index contributed by atoms with van der Waals surface area (Å²) in [5, 5.41) is 4.61. The number of nitrogens with one attached hydrogen (secondary N) is 2. The first-order chi connectivity index (χ1) is 18.0. The summed E-state index contributed by atoms with van der Waals surface area (Å²) in [5.74, 6) is 0.165. The Morgan fingerprint density at radius 1 is 1.03 bits per heavy atom. The van der Waals surface area contributed by atoms with E-state index in [2.05, 4.69) is 48.4 Å². The van der Waals surface area contributed by atoms with E-state index in [0.717, 1.165) is 61.7 Å². The number of unbranched alkanes of at least 4 members (excludes halogenated alkanes) is 1. The SMILES string of the molecule is CCCC[C@@H](C)N(CCNCCc1ccc(C)c2[nH]c(=O)ccc12)C(=O)CCOCCc1ccccc1. The molecule has 0 radical (unpaired) electrons. The van der Waals surface area contributed by atoms with Gasteiger partial charge in [0, 0.05) is 30.6 Å². The van der Waals surface area contributed by atoms with Gasteiger partial charge in [-0.2, -0.15) is 0 Å². The molecule has 200 valence electrons. The van der Waals surface area contributed by atoms with Crippen LogP contribution in [0.3, 0.4) is 0 Å². The molecule has 6 nitrogen and oxygen atoms in total.